The number of nitriles is 2. The zero-order valence-corrected chi connectivity index (χ0v) is 13.8. The third-order valence-corrected chi connectivity index (χ3v) is 3.97. The number of aliphatic imine (C=N–C) groups is 1. The Morgan fingerprint density at radius 1 is 1.36 bits per heavy atom. The summed E-state index contributed by atoms with van der Waals surface area (Å²) < 4.78 is 14.6. The number of nitrogens with one attached hydrogen (secondary N) is 2. The Balaban J connectivity index is 2.36. The number of aromatic nitrogens is 1. The number of nitrogens with zero attached hydrogens (tertiary/aromatic N) is 5. The SMILES string of the molecule is N#CNC1=NC(c2c(F)ccc([N+](=O)[O-])c2O)c2c(nc(N)c(C#N)c2N)N1. The van der Waals surface area contributed by atoms with E-state index < -0.39 is 33.8 Å². The molecular formula is C15H10FN9O3. The number of hydrogen-bond acceptors (Lipinski definition) is 11. The highest BCUT2D eigenvalue weighted by molar-refractivity contribution is 5.98. The van der Waals surface area contributed by atoms with Gasteiger partial charge in [0.25, 0.3) is 0 Å². The Morgan fingerprint density at radius 3 is 2.68 bits per heavy atom. The standard InChI is InChI=1S/C15H10FN9O3/c16-6-1-2-7(25(27)28)12(26)8(6)11-9-10(19)5(3-17)13(20)23-14(9)24-15(22-11)21-4-18/h1-2,11,26H,(H6,19,20,21,22,23,24). The molecule has 1 aliphatic heterocycles. The number of phenolic OH excluding ortho intramolecular Hbond substituents is 1. The normalized spacial score (nSPS) is 14.7. The van der Waals surface area contributed by atoms with Crippen molar-refractivity contribution in [2.75, 3.05) is 16.8 Å². The number of guanidine groups is 1. The molecule has 0 aliphatic carbocycles. The van der Waals surface area contributed by atoms with E-state index in [2.05, 4.69) is 20.6 Å². The van der Waals surface area contributed by atoms with Crippen LogP contribution in [0, 0.1) is 38.7 Å². The van der Waals surface area contributed by atoms with Crippen molar-refractivity contribution in [1.82, 2.24) is 10.3 Å². The molecule has 0 bridgehead atoms. The topological polar surface area (TPSA) is 212 Å². The molecule has 2 heterocycles. The van der Waals surface area contributed by atoms with Crippen LogP contribution in [0.4, 0.5) is 27.4 Å². The van der Waals surface area contributed by atoms with E-state index in [9.17, 15) is 24.9 Å². The summed E-state index contributed by atoms with van der Waals surface area (Å²) >= 11 is 0. The highest BCUT2D eigenvalue weighted by Gasteiger charge is 2.35. The molecule has 1 aromatic heterocycles. The molecule has 28 heavy (non-hydrogen) atoms. The zero-order chi connectivity index (χ0) is 20.6. The summed E-state index contributed by atoms with van der Waals surface area (Å²) in [4.78, 5) is 18.2. The first-order valence-electron chi connectivity index (χ1n) is 7.44. The van der Waals surface area contributed by atoms with Gasteiger partial charge in [-0.25, -0.2) is 14.4 Å². The quantitative estimate of drug-likeness (QED) is 0.213. The number of nitro benzene ring substituents is 1. The van der Waals surface area contributed by atoms with Gasteiger partial charge in [-0.05, 0) is 6.07 Å². The molecule has 1 aromatic carbocycles. The van der Waals surface area contributed by atoms with Gasteiger partial charge in [0.2, 0.25) is 11.7 Å². The first kappa shape index (κ1) is 18.2. The van der Waals surface area contributed by atoms with Gasteiger partial charge in [-0.1, -0.05) is 0 Å². The summed E-state index contributed by atoms with van der Waals surface area (Å²) in [6.07, 6.45) is 1.60. The van der Waals surface area contributed by atoms with Crippen LogP contribution in [0.15, 0.2) is 17.1 Å². The Kier molecular flexibility index (Phi) is 4.26. The number of nitro groups is 1. The monoisotopic (exact) mass is 383 g/mol. The van der Waals surface area contributed by atoms with E-state index in [4.69, 9.17) is 16.7 Å². The molecule has 1 unspecified atom stereocenters. The summed E-state index contributed by atoms with van der Waals surface area (Å²) in [5.41, 5.74) is 9.90. The molecule has 0 fully saturated rings. The lowest BCUT2D eigenvalue weighted by molar-refractivity contribution is -0.386. The Labute approximate surface area is 155 Å². The molecule has 0 saturated heterocycles. The summed E-state index contributed by atoms with van der Waals surface area (Å²) in [5.74, 6) is -2.47. The Morgan fingerprint density at radius 2 is 2.07 bits per heavy atom. The van der Waals surface area contributed by atoms with Crippen molar-refractivity contribution in [3.05, 3.63) is 44.8 Å². The van der Waals surface area contributed by atoms with Crippen LogP contribution in [0.3, 0.4) is 0 Å². The number of fused-ring (bicyclic) bond motifs is 1. The third kappa shape index (κ3) is 2.69. The van der Waals surface area contributed by atoms with E-state index >= 15 is 0 Å². The number of rotatable bonds is 2. The van der Waals surface area contributed by atoms with E-state index in [1.54, 1.807) is 12.3 Å². The van der Waals surface area contributed by atoms with Crippen molar-refractivity contribution >= 4 is 29.0 Å². The van der Waals surface area contributed by atoms with Gasteiger partial charge in [0.05, 0.1) is 16.2 Å². The van der Waals surface area contributed by atoms with Crippen molar-refractivity contribution in [3.8, 4) is 18.0 Å². The second kappa shape index (κ2) is 6.58. The third-order valence-electron chi connectivity index (χ3n) is 3.97. The maximum atomic E-state index is 14.6. The number of benzene rings is 1. The van der Waals surface area contributed by atoms with Gasteiger partial charge in [-0.3, -0.25) is 15.4 Å². The summed E-state index contributed by atoms with van der Waals surface area (Å²) in [6.45, 7) is 0. The van der Waals surface area contributed by atoms with Gasteiger partial charge < -0.3 is 21.9 Å². The predicted octanol–water partition coefficient (Wildman–Crippen LogP) is 0.812. The molecule has 7 N–H and O–H groups in total. The van der Waals surface area contributed by atoms with Crippen LogP contribution >= 0.6 is 0 Å². The van der Waals surface area contributed by atoms with E-state index in [0.29, 0.717) is 0 Å². The highest BCUT2D eigenvalue weighted by Crippen LogP contribution is 2.46. The molecule has 12 nitrogen and oxygen atoms in total. The van der Waals surface area contributed by atoms with Crippen LogP contribution in [0.5, 0.6) is 5.75 Å². The lowest BCUT2D eigenvalue weighted by atomic mass is 9.93. The van der Waals surface area contributed by atoms with Crippen LogP contribution in [-0.4, -0.2) is 21.0 Å². The van der Waals surface area contributed by atoms with Crippen LogP contribution in [0.2, 0.25) is 0 Å². The van der Waals surface area contributed by atoms with Gasteiger partial charge in [0, 0.05) is 11.6 Å². The maximum Gasteiger partial charge on any atom is 0.311 e. The fourth-order valence-corrected chi connectivity index (χ4v) is 2.77. The summed E-state index contributed by atoms with van der Waals surface area (Å²) in [7, 11) is 0. The van der Waals surface area contributed by atoms with Crippen molar-refractivity contribution in [2.24, 2.45) is 4.99 Å². The van der Waals surface area contributed by atoms with Crippen molar-refractivity contribution < 1.29 is 14.4 Å². The zero-order valence-electron chi connectivity index (χ0n) is 13.8. The number of nitrogens with two attached hydrogens (primary N) is 2. The molecular weight excluding hydrogens is 373 g/mol. The number of phenols is 1. The molecule has 13 heteroatoms. The fraction of sp³-hybridized carbons (Fsp3) is 0.0667. The number of anilines is 3. The van der Waals surface area contributed by atoms with Crippen molar-refractivity contribution in [3.63, 3.8) is 0 Å². The second-order valence-corrected chi connectivity index (χ2v) is 5.49. The van der Waals surface area contributed by atoms with Crippen LogP contribution in [-0.2, 0) is 0 Å². The van der Waals surface area contributed by atoms with E-state index in [0.717, 1.165) is 12.1 Å². The molecule has 2 aromatic rings. The highest BCUT2D eigenvalue weighted by atomic mass is 19.1. The van der Waals surface area contributed by atoms with Gasteiger partial charge in [-0.15, -0.1) is 0 Å². The molecule has 1 atom stereocenters. The largest absolute Gasteiger partial charge is 0.502 e. The second-order valence-electron chi connectivity index (χ2n) is 5.49. The van der Waals surface area contributed by atoms with Crippen molar-refractivity contribution in [2.45, 2.75) is 6.04 Å². The first-order valence-corrected chi connectivity index (χ1v) is 7.44. The number of nitrogen functional groups attached to an aromatic ring is 2. The van der Waals surface area contributed by atoms with Crippen molar-refractivity contribution in [1.29, 1.82) is 10.5 Å². The molecule has 1 aliphatic rings. The minimum Gasteiger partial charge on any atom is -0.502 e. The minimum atomic E-state index is -1.45. The van der Waals surface area contributed by atoms with Crippen LogP contribution in [0.25, 0.3) is 0 Å². The smallest absolute Gasteiger partial charge is 0.311 e. The van der Waals surface area contributed by atoms with Gasteiger partial charge >= 0.3 is 5.69 Å². The number of halogens is 1. The van der Waals surface area contributed by atoms with E-state index in [1.807, 2.05) is 0 Å². The average molecular weight is 383 g/mol. The summed E-state index contributed by atoms with van der Waals surface area (Å²) in [5, 5.41) is 44.3. The number of hydrogen-bond donors (Lipinski definition) is 5. The lowest BCUT2D eigenvalue weighted by Crippen LogP contribution is -2.33. The van der Waals surface area contributed by atoms with Crippen LogP contribution in [0.1, 0.15) is 22.7 Å². The lowest BCUT2D eigenvalue weighted by Gasteiger charge is -2.26. The predicted molar refractivity (Wildman–Crippen MR) is 94.1 cm³/mol. The Hall–Kier alpha value is -4.65. The van der Waals surface area contributed by atoms with E-state index in [1.165, 1.54) is 0 Å². The Bertz CT molecular complexity index is 1130. The van der Waals surface area contributed by atoms with Crippen LogP contribution < -0.4 is 22.1 Å². The molecule has 0 amide bonds. The first-order chi connectivity index (χ1) is 13.3. The maximum absolute atomic E-state index is 14.6. The fourth-order valence-electron chi connectivity index (χ4n) is 2.77. The average Bonchev–Trinajstić information content (AvgIpc) is 2.61. The molecule has 0 saturated carbocycles. The molecule has 0 radical (unpaired) electrons. The van der Waals surface area contributed by atoms with E-state index in [-0.39, 0.29) is 34.4 Å². The molecule has 140 valence electrons. The molecule has 0 spiro atoms. The molecule has 3 rings (SSSR count). The number of aromatic hydroxyl groups is 1. The number of pyridine rings is 1. The minimum absolute atomic E-state index is 0.0380. The van der Waals surface area contributed by atoms with Gasteiger partial charge in [-0.2, -0.15) is 10.5 Å². The summed E-state index contributed by atoms with van der Waals surface area (Å²) in [6, 6.07) is 1.88. The van der Waals surface area contributed by atoms with Gasteiger partial charge in [0.1, 0.15) is 35.1 Å². The van der Waals surface area contributed by atoms with Gasteiger partial charge in [0.15, 0.2) is 6.19 Å².